The molecule has 0 radical (unpaired) electrons. The Balaban J connectivity index is 1.99. The van der Waals surface area contributed by atoms with Gasteiger partial charge < -0.3 is 15.3 Å². The van der Waals surface area contributed by atoms with Crippen molar-refractivity contribution in [1.29, 1.82) is 0 Å². The first-order valence-corrected chi connectivity index (χ1v) is 8.57. The lowest BCUT2D eigenvalue weighted by molar-refractivity contribution is -0.138. The molecule has 0 spiro atoms. The molecular formula is C17H21BrN2O4. The SMILES string of the molecule is CC(C)(CCC(=O)O)NC(=O)C1CC(=O)N(c2cccc(Br)c2)C1. The van der Waals surface area contributed by atoms with Crippen LogP contribution in [0.25, 0.3) is 0 Å². The van der Waals surface area contributed by atoms with Crippen LogP contribution in [0.2, 0.25) is 0 Å². The number of carbonyl (C=O) groups excluding carboxylic acids is 2. The van der Waals surface area contributed by atoms with Crippen LogP contribution in [0.5, 0.6) is 0 Å². The van der Waals surface area contributed by atoms with E-state index in [9.17, 15) is 14.4 Å². The lowest BCUT2D eigenvalue weighted by atomic mass is 9.96. The van der Waals surface area contributed by atoms with Crippen molar-refractivity contribution in [3.8, 4) is 0 Å². The van der Waals surface area contributed by atoms with Crippen LogP contribution in [-0.2, 0) is 14.4 Å². The van der Waals surface area contributed by atoms with Gasteiger partial charge in [0.05, 0.1) is 5.92 Å². The lowest BCUT2D eigenvalue weighted by Gasteiger charge is -2.27. The minimum atomic E-state index is -0.894. The molecule has 0 aliphatic carbocycles. The zero-order valence-corrected chi connectivity index (χ0v) is 15.3. The molecule has 1 atom stereocenters. The summed E-state index contributed by atoms with van der Waals surface area (Å²) in [5.74, 6) is -1.62. The first-order chi connectivity index (χ1) is 11.2. The van der Waals surface area contributed by atoms with Gasteiger partial charge in [-0.05, 0) is 38.5 Å². The van der Waals surface area contributed by atoms with E-state index in [1.807, 2.05) is 24.3 Å². The van der Waals surface area contributed by atoms with Crippen LogP contribution in [0.4, 0.5) is 5.69 Å². The van der Waals surface area contributed by atoms with Crippen molar-refractivity contribution >= 4 is 39.4 Å². The van der Waals surface area contributed by atoms with Crippen molar-refractivity contribution < 1.29 is 19.5 Å². The maximum Gasteiger partial charge on any atom is 0.303 e. The smallest absolute Gasteiger partial charge is 0.303 e. The molecule has 1 fully saturated rings. The van der Waals surface area contributed by atoms with Crippen LogP contribution in [0.1, 0.15) is 33.1 Å². The van der Waals surface area contributed by atoms with Crippen molar-refractivity contribution in [3.05, 3.63) is 28.7 Å². The summed E-state index contributed by atoms with van der Waals surface area (Å²) in [7, 11) is 0. The van der Waals surface area contributed by atoms with Crippen molar-refractivity contribution in [2.45, 2.75) is 38.6 Å². The Hall–Kier alpha value is -1.89. The molecule has 130 valence electrons. The fourth-order valence-corrected chi connectivity index (χ4v) is 3.08. The van der Waals surface area contributed by atoms with Crippen molar-refractivity contribution in [3.63, 3.8) is 0 Å². The average Bonchev–Trinajstić information content (AvgIpc) is 2.87. The van der Waals surface area contributed by atoms with Gasteiger partial charge in [0.25, 0.3) is 0 Å². The second-order valence-corrected chi connectivity index (χ2v) is 7.57. The number of benzene rings is 1. The Morgan fingerprint density at radius 1 is 1.42 bits per heavy atom. The van der Waals surface area contributed by atoms with Crippen LogP contribution in [0, 0.1) is 5.92 Å². The largest absolute Gasteiger partial charge is 0.481 e. The fraction of sp³-hybridized carbons (Fsp3) is 0.471. The third-order valence-corrected chi connectivity index (χ3v) is 4.53. The summed E-state index contributed by atoms with van der Waals surface area (Å²) < 4.78 is 0.871. The molecular weight excluding hydrogens is 376 g/mol. The number of amides is 2. The van der Waals surface area contributed by atoms with Gasteiger partial charge >= 0.3 is 5.97 Å². The number of aliphatic carboxylic acids is 1. The molecule has 1 aliphatic heterocycles. The van der Waals surface area contributed by atoms with Gasteiger partial charge in [0.15, 0.2) is 0 Å². The maximum atomic E-state index is 12.4. The van der Waals surface area contributed by atoms with Crippen molar-refractivity contribution in [1.82, 2.24) is 5.32 Å². The summed E-state index contributed by atoms with van der Waals surface area (Å²) in [6.07, 6.45) is 0.485. The third-order valence-electron chi connectivity index (χ3n) is 4.04. The predicted molar refractivity (Wildman–Crippen MR) is 93.7 cm³/mol. The molecule has 1 aromatic rings. The van der Waals surface area contributed by atoms with Gasteiger partial charge in [0, 0.05) is 35.1 Å². The van der Waals surface area contributed by atoms with Gasteiger partial charge in [-0.15, -0.1) is 0 Å². The minimum Gasteiger partial charge on any atom is -0.481 e. The number of rotatable bonds is 6. The molecule has 0 bridgehead atoms. The van der Waals surface area contributed by atoms with Crippen LogP contribution in [-0.4, -0.2) is 35.0 Å². The molecule has 2 amide bonds. The molecule has 1 aromatic carbocycles. The topological polar surface area (TPSA) is 86.7 Å². The quantitative estimate of drug-likeness (QED) is 0.773. The Bertz CT molecular complexity index is 660. The number of hydrogen-bond donors (Lipinski definition) is 2. The van der Waals surface area contributed by atoms with Gasteiger partial charge in [-0.1, -0.05) is 22.0 Å². The van der Waals surface area contributed by atoms with E-state index >= 15 is 0 Å². The number of anilines is 1. The number of carboxylic acids is 1. The van der Waals surface area contributed by atoms with Crippen LogP contribution in [0.15, 0.2) is 28.7 Å². The van der Waals surface area contributed by atoms with E-state index < -0.39 is 17.4 Å². The van der Waals surface area contributed by atoms with Gasteiger partial charge in [0.1, 0.15) is 0 Å². The Kier molecular flexibility index (Phi) is 5.64. The number of nitrogens with one attached hydrogen (secondary N) is 1. The zero-order chi connectivity index (χ0) is 17.9. The van der Waals surface area contributed by atoms with Crippen molar-refractivity contribution in [2.24, 2.45) is 5.92 Å². The standard InChI is InChI=1S/C17H21BrN2O4/c1-17(2,7-6-15(22)23)19-16(24)11-8-14(21)20(10-11)13-5-3-4-12(18)9-13/h3-5,9,11H,6-8,10H2,1-2H3,(H,19,24)(H,22,23). The molecule has 1 heterocycles. The highest BCUT2D eigenvalue weighted by molar-refractivity contribution is 9.10. The molecule has 0 saturated carbocycles. The summed E-state index contributed by atoms with van der Waals surface area (Å²) in [6.45, 7) is 3.91. The fourth-order valence-electron chi connectivity index (χ4n) is 2.69. The first-order valence-electron chi connectivity index (χ1n) is 7.78. The maximum absolute atomic E-state index is 12.4. The highest BCUT2D eigenvalue weighted by Crippen LogP contribution is 2.28. The average molecular weight is 397 g/mol. The van der Waals surface area contributed by atoms with E-state index in [0.29, 0.717) is 13.0 Å². The van der Waals surface area contributed by atoms with Crippen LogP contribution < -0.4 is 10.2 Å². The molecule has 1 saturated heterocycles. The van der Waals surface area contributed by atoms with E-state index in [4.69, 9.17) is 5.11 Å². The lowest BCUT2D eigenvalue weighted by Crippen LogP contribution is -2.46. The molecule has 24 heavy (non-hydrogen) atoms. The van der Waals surface area contributed by atoms with E-state index in [2.05, 4.69) is 21.2 Å². The number of carboxylic acid groups (broad SMARTS) is 1. The van der Waals surface area contributed by atoms with Crippen LogP contribution >= 0.6 is 15.9 Å². The summed E-state index contributed by atoms with van der Waals surface area (Å²) in [6, 6.07) is 7.39. The molecule has 2 rings (SSSR count). The zero-order valence-electron chi connectivity index (χ0n) is 13.7. The van der Waals surface area contributed by atoms with E-state index in [-0.39, 0.29) is 24.7 Å². The van der Waals surface area contributed by atoms with Crippen molar-refractivity contribution in [2.75, 3.05) is 11.4 Å². The normalized spacial score (nSPS) is 17.9. The van der Waals surface area contributed by atoms with Crippen LogP contribution in [0.3, 0.4) is 0 Å². The summed E-state index contributed by atoms with van der Waals surface area (Å²) in [5, 5.41) is 11.6. The third kappa shape index (κ3) is 4.80. The highest BCUT2D eigenvalue weighted by Gasteiger charge is 2.36. The van der Waals surface area contributed by atoms with E-state index in [1.165, 1.54) is 0 Å². The van der Waals surface area contributed by atoms with Gasteiger partial charge in [-0.25, -0.2) is 0 Å². The molecule has 0 aromatic heterocycles. The number of hydrogen-bond acceptors (Lipinski definition) is 3. The molecule has 6 nitrogen and oxygen atoms in total. The molecule has 1 aliphatic rings. The van der Waals surface area contributed by atoms with E-state index in [0.717, 1.165) is 10.2 Å². The number of nitrogens with zero attached hydrogens (tertiary/aromatic N) is 1. The Labute approximate surface area is 149 Å². The number of carbonyl (C=O) groups is 3. The summed E-state index contributed by atoms with van der Waals surface area (Å²) >= 11 is 3.38. The van der Waals surface area contributed by atoms with Gasteiger partial charge in [0.2, 0.25) is 11.8 Å². The minimum absolute atomic E-state index is 0.0129. The Morgan fingerprint density at radius 2 is 2.12 bits per heavy atom. The number of halogens is 1. The van der Waals surface area contributed by atoms with E-state index in [1.54, 1.807) is 18.7 Å². The second-order valence-electron chi connectivity index (χ2n) is 6.65. The molecule has 2 N–H and O–H groups in total. The second kappa shape index (κ2) is 7.34. The predicted octanol–water partition coefficient (Wildman–Crippen LogP) is 2.56. The highest BCUT2D eigenvalue weighted by atomic mass is 79.9. The van der Waals surface area contributed by atoms with Gasteiger partial charge in [-0.3, -0.25) is 14.4 Å². The Morgan fingerprint density at radius 3 is 2.75 bits per heavy atom. The van der Waals surface area contributed by atoms with Gasteiger partial charge in [-0.2, -0.15) is 0 Å². The molecule has 7 heteroatoms. The molecule has 1 unspecified atom stereocenters. The summed E-state index contributed by atoms with van der Waals surface area (Å²) in [5.41, 5.74) is 0.136. The monoisotopic (exact) mass is 396 g/mol. The first kappa shape index (κ1) is 18.4. The summed E-state index contributed by atoms with van der Waals surface area (Å²) in [4.78, 5) is 37.0.